The first-order valence-corrected chi connectivity index (χ1v) is 16.5. The Labute approximate surface area is 348 Å². The number of aromatic hydroxyl groups is 4. The smallest absolute Gasteiger partial charge is 0.505 e. The summed E-state index contributed by atoms with van der Waals surface area (Å²) in [5, 5.41) is 85.6. The van der Waals surface area contributed by atoms with E-state index >= 15 is 0 Å². The van der Waals surface area contributed by atoms with E-state index in [4.69, 9.17) is 4.55 Å². The minimum absolute atomic E-state index is 0. The number of non-ortho nitro benzene ring substituents is 2. The summed E-state index contributed by atoms with van der Waals surface area (Å²) in [5.41, 5.74) is 0.341. The first kappa shape index (κ1) is 44.3. The van der Waals surface area contributed by atoms with Gasteiger partial charge in [0.05, 0.1) is 38.7 Å². The third-order valence-electron chi connectivity index (χ3n) is 7.23. The topological polar surface area (TPSA) is 307 Å². The quantitative estimate of drug-likeness (QED) is 0.0451. The number of aromatic nitrogens is 4. The van der Waals surface area contributed by atoms with Crippen LogP contribution in [0.2, 0.25) is 0 Å². The number of hydrogen-bond acceptors (Lipinski definition) is 16. The molecule has 0 fully saturated rings. The van der Waals surface area contributed by atoms with E-state index < -0.39 is 47.9 Å². The maximum absolute atomic E-state index is 11.4. The minimum atomic E-state index is -4.97. The number of rotatable bonds is 9. The Morgan fingerprint density at radius 2 is 1.09 bits per heavy atom. The number of hydrogen-bond donors (Lipinski definition) is 5. The average molecular weight is 834 g/mol. The van der Waals surface area contributed by atoms with Crippen LogP contribution in [0.4, 0.5) is 34.1 Å². The normalized spacial score (nSPS) is 11.1. The predicted molar refractivity (Wildman–Crippen MR) is 188 cm³/mol. The van der Waals surface area contributed by atoms with Crippen LogP contribution in [0, 0.1) is 34.1 Å². The molecule has 0 aliphatic carbocycles. The molecule has 2 aromatic heterocycles. The molecule has 0 amide bonds. The standard InChI is InChI=1S/C16H13N5O7S.C16H13N5O4.Cr.Na/c1-9-14(16(23)20(19-9)10-5-3-2-4-6-10)18-17-12-7-11(21(24)25)8-13(15(12)22)29(26,27)28;1-10-15(16(23)20(19-10)11-5-3-2-4-6-11)18-17-13-8-7-12(21(24)25)9-14(13)22;;/h2-8,22-23H,1H3,(H,26,27,28);2-9,22-23H,1H3;;/q;;;+1. The first-order chi connectivity index (χ1) is 25.6. The van der Waals surface area contributed by atoms with Crippen molar-refractivity contribution in [1.82, 2.24) is 19.6 Å². The van der Waals surface area contributed by atoms with Crippen LogP contribution < -0.4 is 29.6 Å². The van der Waals surface area contributed by atoms with Crippen molar-refractivity contribution in [3.05, 3.63) is 123 Å². The summed E-state index contributed by atoms with van der Waals surface area (Å²) in [6, 6.07) is 22.3. The Morgan fingerprint density at radius 3 is 1.50 bits per heavy atom. The Bertz CT molecular complexity index is 2570. The number of para-hydroxylation sites is 2. The maximum Gasteiger partial charge on any atom is 1.00 e. The molecule has 0 saturated heterocycles. The molecule has 21 nitrogen and oxygen atoms in total. The Balaban J connectivity index is 0.000000293. The van der Waals surface area contributed by atoms with Crippen molar-refractivity contribution in [2.45, 2.75) is 18.7 Å². The number of azo groups is 2. The SMILES string of the molecule is Cc1nn(-c2ccccc2)c(O)c1N=Nc1cc([N+](=O)[O-])cc(S(=O)(=O)O)c1O.Cc1nn(-c2ccccc2)c(O)c1N=Nc1ccc([N+](=O)[O-])cc1O.[Cr].[Na+]. The summed E-state index contributed by atoms with van der Waals surface area (Å²) >= 11 is 0. The molecule has 0 bridgehead atoms. The van der Waals surface area contributed by atoms with Crippen molar-refractivity contribution < 1.29 is 90.2 Å². The maximum atomic E-state index is 11.4. The molecule has 56 heavy (non-hydrogen) atoms. The molecule has 24 heteroatoms. The average Bonchev–Trinajstić information content (AvgIpc) is 3.59. The summed E-state index contributed by atoms with van der Waals surface area (Å²) in [6.07, 6.45) is 0. The van der Waals surface area contributed by atoms with Gasteiger partial charge in [-0.2, -0.15) is 28.0 Å². The number of phenols is 2. The van der Waals surface area contributed by atoms with E-state index in [0.717, 1.165) is 12.1 Å². The molecule has 4 aromatic carbocycles. The predicted octanol–water partition coefficient (Wildman–Crippen LogP) is 4.08. The fourth-order valence-electron chi connectivity index (χ4n) is 4.62. The van der Waals surface area contributed by atoms with E-state index in [2.05, 4.69) is 30.7 Å². The summed E-state index contributed by atoms with van der Waals surface area (Å²) in [5.74, 6) is -2.01. The van der Waals surface area contributed by atoms with Crippen molar-refractivity contribution in [1.29, 1.82) is 0 Å². The van der Waals surface area contributed by atoms with Gasteiger partial charge in [0.2, 0.25) is 11.8 Å². The largest absolute Gasteiger partial charge is 1.00 e. The van der Waals surface area contributed by atoms with Crippen molar-refractivity contribution in [2.24, 2.45) is 20.5 Å². The van der Waals surface area contributed by atoms with Crippen molar-refractivity contribution in [2.75, 3.05) is 0 Å². The zero-order valence-electron chi connectivity index (χ0n) is 29.1. The van der Waals surface area contributed by atoms with Crippen molar-refractivity contribution in [3.8, 4) is 34.6 Å². The molecular weight excluding hydrogens is 807 g/mol. The first-order valence-electron chi connectivity index (χ1n) is 15.0. The molecule has 0 saturated carbocycles. The third kappa shape index (κ3) is 9.97. The van der Waals surface area contributed by atoms with Crippen molar-refractivity contribution in [3.63, 3.8) is 0 Å². The molecule has 0 radical (unpaired) electrons. The van der Waals surface area contributed by atoms with Gasteiger partial charge in [-0.15, -0.1) is 20.5 Å². The van der Waals surface area contributed by atoms with Gasteiger partial charge < -0.3 is 20.4 Å². The van der Waals surface area contributed by atoms with Crippen LogP contribution in [-0.4, -0.2) is 62.8 Å². The second-order valence-corrected chi connectivity index (χ2v) is 12.3. The second kappa shape index (κ2) is 18.5. The van der Waals surface area contributed by atoms with Gasteiger partial charge in [0.1, 0.15) is 22.0 Å². The van der Waals surface area contributed by atoms with Crippen LogP contribution in [0.5, 0.6) is 23.3 Å². The summed E-state index contributed by atoms with van der Waals surface area (Å²) in [6.45, 7) is 3.17. The van der Waals surface area contributed by atoms with E-state index in [-0.39, 0.29) is 87.0 Å². The van der Waals surface area contributed by atoms with Gasteiger partial charge in [-0.3, -0.25) is 24.8 Å². The summed E-state index contributed by atoms with van der Waals surface area (Å²) < 4.78 is 34.4. The van der Waals surface area contributed by atoms with Crippen LogP contribution in [-0.2, 0) is 27.5 Å². The van der Waals surface area contributed by atoms with Crippen LogP contribution in [0.1, 0.15) is 11.4 Å². The van der Waals surface area contributed by atoms with E-state index in [1.54, 1.807) is 49.4 Å². The van der Waals surface area contributed by atoms with Gasteiger partial charge in [0.15, 0.2) is 17.1 Å². The number of benzene rings is 4. The number of aryl methyl sites for hydroxylation is 2. The molecular formula is C32H26CrN10NaO11S+. The van der Waals surface area contributed by atoms with Gasteiger partial charge in [-0.25, -0.2) is 0 Å². The molecule has 0 aliphatic heterocycles. The number of nitro groups is 2. The van der Waals surface area contributed by atoms with Crippen LogP contribution in [0.15, 0.2) is 116 Å². The summed E-state index contributed by atoms with van der Waals surface area (Å²) in [4.78, 5) is 19.0. The number of phenolic OH excluding ortho intramolecular Hbond substituents is 2. The van der Waals surface area contributed by atoms with Gasteiger partial charge in [0.25, 0.3) is 21.5 Å². The summed E-state index contributed by atoms with van der Waals surface area (Å²) in [7, 11) is -4.97. The van der Waals surface area contributed by atoms with Gasteiger partial charge in [-0.05, 0) is 44.2 Å². The van der Waals surface area contributed by atoms with Crippen LogP contribution in [0.3, 0.4) is 0 Å². The molecule has 0 atom stereocenters. The Morgan fingerprint density at radius 1 is 0.643 bits per heavy atom. The molecule has 2 heterocycles. The fraction of sp³-hybridized carbons (Fsp3) is 0.0625. The molecule has 5 N–H and O–H groups in total. The fourth-order valence-corrected chi connectivity index (χ4v) is 5.24. The number of nitro benzene ring substituents is 2. The van der Waals surface area contributed by atoms with E-state index in [1.165, 1.54) is 28.4 Å². The zero-order chi connectivity index (χ0) is 39.3. The third-order valence-corrected chi connectivity index (χ3v) is 8.09. The molecule has 0 unspecified atom stereocenters. The molecule has 6 aromatic rings. The van der Waals surface area contributed by atoms with Crippen LogP contribution in [0.25, 0.3) is 11.4 Å². The minimum Gasteiger partial charge on any atom is -0.505 e. The van der Waals surface area contributed by atoms with Crippen LogP contribution >= 0.6 is 0 Å². The van der Waals surface area contributed by atoms with Crippen molar-refractivity contribution >= 4 is 44.2 Å². The van der Waals surface area contributed by atoms with Gasteiger partial charge in [-0.1, -0.05) is 36.4 Å². The second-order valence-electron chi connectivity index (χ2n) is 10.9. The van der Waals surface area contributed by atoms with E-state index in [1.807, 2.05) is 18.2 Å². The van der Waals surface area contributed by atoms with Gasteiger partial charge in [0, 0.05) is 35.6 Å². The molecule has 0 spiro atoms. The molecule has 0 aliphatic rings. The Hall–Kier alpha value is -6.06. The Kier molecular flexibility index (Phi) is 14.7. The zero-order valence-corrected chi connectivity index (χ0v) is 33.2. The van der Waals surface area contributed by atoms with Gasteiger partial charge >= 0.3 is 29.6 Å². The number of nitrogens with zero attached hydrogens (tertiary/aromatic N) is 10. The molecule has 282 valence electrons. The van der Waals surface area contributed by atoms with E-state index in [0.29, 0.717) is 23.1 Å². The van der Waals surface area contributed by atoms with E-state index in [9.17, 15) is 49.1 Å². The molecule has 6 rings (SSSR count). The monoisotopic (exact) mass is 833 g/mol.